The summed E-state index contributed by atoms with van der Waals surface area (Å²) in [4.78, 5) is 0. The Bertz CT molecular complexity index is 161. The van der Waals surface area contributed by atoms with Crippen LogP contribution in [0.5, 0.6) is 0 Å². The molecule has 1 heteroatoms. The van der Waals surface area contributed by atoms with Gasteiger partial charge in [-0.15, -0.1) is 0 Å². The summed E-state index contributed by atoms with van der Waals surface area (Å²) in [6.07, 6.45) is 16.0. The summed E-state index contributed by atoms with van der Waals surface area (Å²) in [5.74, 6) is 0. The van der Waals surface area contributed by atoms with Gasteiger partial charge in [-0.3, -0.25) is 0 Å². The first-order valence-electron chi connectivity index (χ1n) is 8.20. The van der Waals surface area contributed by atoms with Gasteiger partial charge in [-0.2, -0.15) is 0 Å². The zero-order chi connectivity index (χ0) is 13.7. The summed E-state index contributed by atoms with van der Waals surface area (Å²) in [5, 5.41) is 10.1. The van der Waals surface area contributed by atoms with Crippen LogP contribution >= 0.6 is 0 Å². The standard InChI is InChI=1S/C17H35O/c1-4-7-8-9-10-11-12-13-14-15-16-17(18,5-2)6-3/h18H,2,4-16H2,1,3H3. The molecule has 0 bridgehead atoms. The number of hydrogen-bond donors (Lipinski definition) is 1. The lowest BCUT2D eigenvalue weighted by atomic mass is 9.90. The molecule has 0 heterocycles. The van der Waals surface area contributed by atoms with E-state index in [1.165, 1.54) is 57.8 Å². The Morgan fingerprint density at radius 1 is 0.778 bits per heavy atom. The molecule has 1 radical (unpaired) electrons. The highest BCUT2D eigenvalue weighted by Crippen LogP contribution is 2.22. The van der Waals surface area contributed by atoms with Gasteiger partial charge in [0.1, 0.15) is 0 Å². The van der Waals surface area contributed by atoms with Gasteiger partial charge in [-0.05, 0) is 19.3 Å². The molecule has 0 aliphatic carbocycles. The molecule has 0 amide bonds. The maximum atomic E-state index is 10.1. The van der Waals surface area contributed by atoms with Crippen LogP contribution in [0.3, 0.4) is 0 Å². The first-order valence-corrected chi connectivity index (χ1v) is 8.20. The molecule has 109 valence electrons. The van der Waals surface area contributed by atoms with E-state index in [9.17, 15) is 5.11 Å². The van der Waals surface area contributed by atoms with E-state index >= 15 is 0 Å². The van der Waals surface area contributed by atoms with Crippen LogP contribution in [0.15, 0.2) is 0 Å². The van der Waals surface area contributed by atoms with Crippen molar-refractivity contribution < 1.29 is 5.11 Å². The van der Waals surface area contributed by atoms with Crippen LogP contribution in [-0.4, -0.2) is 10.7 Å². The lowest BCUT2D eigenvalue weighted by Crippen LogP contribution is -2.26. The average molecular weight is 255 g/mol. The summed E-state index contributed by atoms with van der Waals surface area (Å²) < 4.78 is 0. The van der Waals surface area contributed by atoms with Crippen LogP contribution in [0.2, 0.25) is 0 Å². The van der Waals surface area contributed by atoms with Gasteiger partial charge in [-0.25, -0.2) is 0 Å². The normalized spacial score (nSPS) is 12.0. The van der Waals surface area contributed by atoms with E-state index in [0.717, 1.165) is 19.3 Å². The third kappa shape index (κ3) is 9.94. The smallest absolute Gasteiger partial charge is 0.0645 e. The van der Waals surface area contributed by atoms with Gasteiger partial charge in [-0.1, -0.05) is 85.0 Å². The van der Waals surface area contributed by atoms with E-state index in [1.54, 1.807) is 0 Å². The fraction of sp³-hybridized carbons (Fsp3) is 0.941. The number of aliphatic hydroxyl groups is 1. The van der Waals surface area contributed by atoms with Gasteiger partial charge in [0.15, 0.2) is 0 Å². The number of unbranched alkanes of at least 4 members (excludes halogenated alkanes) is 9. The Kier molecular flexibility index (Phi) is 12.0. The van der Waals surface area contributed by atoms with E-state index in [0.29, 0.717) is 6.42 Å². The molecule has 0 aromatic rings. The molecule has 0 aromatic carbocycles. The molecule has 0 aliphatic heterocycles. The summed E-state index contributed by atoms with van der Waals surface area (Å²) >= 11 is 0. The summed E-state index contributed by atoms with van der Waals surface area (Å²) in [7, 11) is 0. The topological polar surface area (TPSA) is 20.2 Å². The Labute approximate surface area is 115 Å². The maximum Gasteiger partial charge on any atom is 0.0645 e. The molecule has 0 aromatic heterocycles. The van der Waals surface area contributed by atoms with Crippen molar-refractivity contribution in [2.24, 2.45) is 0 Å². The van der Waals surface area contributed by atoms with Gasteiger partial charge < -0.3 is 5.11 Å². The van der Waals surface area contributed by atoms with E-state index in [4.69, 9.17) is 0 Å². The molecule has 0 rings (SSSR count). The van der Waals surface area contributed by atoms with E-state index in [1.807, 2.05) is 0 Å². The van der Waals surface area contributed by atoms with Gasteiger partial charge in [0.2, 0.25) is 0 Å². The Morgan fingerprint density at radius 3 is 1.61 bits per heavy atom. The highest BCUT2D eigenvalue weighted by molar-refractivity contribution is 4.77. The van der Waals surface area contributed by atoms with Crippen molar-refractivity contribution in [1.82, 2.24) is 0 Å². The van der Waals surface area contributed by atoms with Gasteiger partial charge in [0.05, 0.1) is 5.60 Å². The van der Waals surface area contributed by atoms with Gasteiger partial charge in [0.25, 0.3) is 0 Å². The molecule has 0 aliphatic rings. The van der Waals surface area contributed by atoms with Crippen molar-refractivity contribution >= 4 is 0 Å². The summed E-state index contributed by atoms with van der Waals surface area (Å²) in [6, 6.07) is 0. The lowest BCUT2D eigenvalue weighted by Gasteiger charge is -2.24. The van der Waals surface area contributed by atoms with Crippen LogP contribution in [0, 0.1) is 6.92 Å². The number of hydrogen-bond acceptors (Lipinski definition) is 1. The van der Waals surface area contributed by atoms with E-state index < -0.39 is 5.60 Å². The minimum Gasteiger partial charge on any atom is -0.390 e. The van der Waals surface area contributed by atoms with Crippen molar-refractivity contribution in [2.75, 3.05) is 0 Å². The fourth-order valence-electron chi connectivity index (χ4n) is 2.42. The maximum absolute atomic E-state index is 10.1. The zero-order valence-electron chi connectivity index (χ0n) is 12.8. The first-order chi connectivity index (χ1) is 8.68. The molecule has 0 saturated carbocycles. The van der Waals surface area contributed by atoms with Crippen LogP contribution in [0.25, 0.3) is 0 Å². The monoisotopic (exact) mass is 255 g/mol. The lowest BCUT2D eigenvalue weighted by molar-refractivity contribution is 0.0271. The molecule has 0 saturated heterocycles. The molecule has 1 N–H and O–H groups in total. The minimum absolute atomic E-state index is 0.486. The third-order valence-corrected chi connectivity index (χ3v) is 4.12. The van der Waals surface area contributed by atoms with Crippen LogP contribution < -0.4 is 0 Å². The van der Waals surface area contributed by atoms with Crippen molar-refractivity contribution in [3.63, 3.8) is 0 Å². The second kappa shape index (κ2) is 12.0. The molecule has 1 nitrogen and oxygen atoms in total. The van der Waals surface area contributed by atoms with Gasteiger partial charge in [0, 0.05) is 0 Å². The molecule has 18 heavy (non-hydrogen) atoms. The quantitative estimate of drug-likeness (QED) is 0.421. The largest absolute Gasteiger partial charge is 0.390 e. The van der Waals surface area contributed by atoms with E-state index in [2.05, 4.69) is 20.8 Å². The summed E-state index contributed by atoms with van der Waals surface area (Å²) in [5.41, 5.74) is -0.486. The SMILES string of the molecule is [CH2]CC(O)(CC)CCCCCCCCCCCC. The molecule has 0 spiro atoms. The summed E-state index contributed by atoms with van der Waals surface area (Å²) in [6.45, 7) is 8.17. The third-order valence-electron chi connectivity index (χ3n) is 4.12. The van der Waals surface area contributed by atoms with Crippen molar-refractivity contribution in [2.45, 2.75) is 103 Å². The fourth-order valence-corrected chi connectivity index (χ4v) is 2.42. The molecule has 1 atom stereocenters. The Hall–Kier alpha value is -0.0400. The van der Waals surface area contributed by atoms with Crippen molar-refractivity contribution in [3.05, 3.63) is 6.92 Å². The Morgan fingerprint density at radius 2 is 1.22 bits per heavy atom. The van der Waals surface area contributed by atoms with Crippen molar-refractivity contribution in [3.8, 4) is 0 Å². The second-order valence-corrected chi connectivity index (χ2v) is 5.76. The molecular formula is C17H35O. The van der Waals surface area contributed by atoms with Gasteiger partial charge >= 0.3 is 0 Å². The molecule has 1 unspecified atom stereocenters. The van der Waals surface area contributed by atoms with Crippen LogP contribution in [0.4, 0.5) is 0 Å². The first kappa shape index (κ1) is 18.0. The second-order valence-electron chi connectivity index (χ2n) is 5.76. The molecule has 0 fully saturated rings. The minimum atomic E-state index is -0.486. The number of rotatable bonds is 13. The van der Waals surface area contributed by atoms with Crippen LogP contribution in [-0.2, 0) is 0 Å². The Balaban J connectivity index is 3.21. The zero-order valence-corrected chi connectivity index (χ0v) is 12.8. The van der Waals surface area contributed by atoms with E-state index in [-0.39, 0.29) is 0 Å². The highest BCUT2D eigenvalue weighted by atomic mass is 16.3. The predicted molar refractivity (Wildman–Crippen MR) is 81.7 cm³/mol. The predicted octanol–water partition coefficient (Wildman–Crippen LogP) is 5.66. The van der Waals surface area contributed by atoms with Crippen molar-refractivity contribution in [1.29, 1.82) is 0 Å². The van der Waals surface area contributed by atoms with Crippen LogP contribution in [0.1, 0.15) is 97.3 Å². The average Bonchev–Trinajstić information content (AvgIpc) is 2.40. The highest BCUT2D eigenvalue weighted by Gasteiger charge is 2.20. The molecular weight excluding hydrogens is 220 g/mol.